The third-order valence-corrected chi connectivity index (χ3v) is 25.9. The lowest BCUT2D eigenvalue weighted by atomic mass is 9.80. The molecule has 5 heterocycles. The quantitative estimate of drug-likeness (QED) is 0.142. The summed E-state index contributed by atoms with van der Waals surface area (Å²) in [5.74, 6) is 0. The van der Waals surface area contributed by atoms with Gasteiger partial charge in [0, 0.05) is 102 Å². The first-order valence-electron chi connectivity index (χ1n) is 40.6. The van der Waals surface area contributed by atoms with Gasteiger partial charge in [0.25, 0.3) is 0 Å². The lowest BCUT2D eigenvalue weighted by Crippen LogP contribution is -2.16. The summed E-state index contributed by atoms with van der Waals surface area (Å²) >= 11 is 3.76. The highest BCUT2D eigenvalue weighted by molar-refractivity contribution is 7.26. The summed E-state index contributed by atoms with van der Waals surface area (Å²) in [5, 5.41) is 18.3. The molecule has 0 unspecified atom stereocenters. The molecule has 5 aromatic heterocycles. The van der Waals surface area contributed by atoms with Crippen LogP contribution in [0.4, 0.5) is 0 Å². The zero-order chi connectivity index (χ0) is 80.6. The Bertz CT molecular complexity index is 7160. The van der Waals surface area contributed by atoms with E-state index in [-0.39, 0.29) is 10.8 Å². The molecule has 5 heteroatoms. The molecule has 0 radical (unpaired) electrons. The second-order valence-electron chi connectivity index (χ2n) is 32.3. The first kappa shape index (κ1) is 76.7. The number of rotatable bonds is 0. The van der Waals surface area contributed by atoms with Gasteiger partial charge in [0.2, 0.25) is 0 Å². The molecule has 22 aromatic rings. The number of hydrogen-bond donors (Lipinski definition) is 0. The maximum Gasteiger partial charge on any atom is 0.138 e. The van der Waals surface area contributed by atoms with Crippen molar-refractivity contribution in [3.63, 3.8) is 0 Å². The van der Waals surface area contributed by atoms with Gasteiger partial charge < -0.3 is 13.4 Å². The molecule has 0 amide bonds. The Morgan fingerprint density at radius 1 is 0.248 bits per heavy atom. The molecule has 2 aliphatic rings. The van der Waals surface area contributed by atoms with Crippen LogP contribution in [0.2, 0.25) is 0 Å². The van der Waals surface area contributed by atoms with Crippen LogP contribution in [0.15, 0.2) is 367 Å². The minimum atomic E-state index is 0.150. The van der Waals surface area contributed by atoms with Gasteiger partial charge in [-0.3, -0.25) is 0 Å². The number of nitrogens with zero attached hydrogens (tertiary/aromatic N) is 1. The van der Waals surface area contributed by atoms with Gasteiger partial charge in [-0.05, 0) is 203 Å². The summed E-state index contributed by atoms with van der Waals surface area (Å²) < 4.78 is 19.3. The molecule has 0 saturated heterocycles. The van der Waals surface area contributed by atoms with E-state index in [0.29, 0.717) is 0 Å². The smallest absolute Gasteiger partial charge is 0.138 e. The van der Waals surface area contributed by atoms with Crippen LogP contribution in [0.5, 0.6) is 0 Å². The number of aromatic nitrogens is 1. The van der Waals surface area contributed by atoms with Crippen molar-refractivity contribution in [3.05, 3.63) is 419 Å². The molecule has 0 atom stereocenters. The van der Waals surface area contributed by atoms with Crippen molar-refractivity contribution >= 4 is 150 Å². The molecule has 17 aromatic carbocycles. The number of thiophene rings is 2. The van der Waals surface area contributed by atoms with Crippen LogP contribution in [0.3, 0.4) is 0 Å². The molecule has 0 saturated carbocycles. The van der Waals surface area contributed by atoms with Crippen LogP contribution in [0.1, 0.15) is 88.9 Å². The van der Waals surface area contributed by atoms with Crippen molar-refractivity contribution in [3.8, 4) is 22.3 Å². The van der Waals surface area contributed by atoms with E-state index >= 15 is 0 Å². The van der Waals surface area contributed by atoms with Gasteiger partial charge in [-0.2, -0.15) is 0 Å². The van der Waals surface area contributed by atoms with Crippen LogP contribution in [0.25, 0.3) is 150 Å². The third kappa shape index (κ3) is 15.1. The Hall–Kier alpha value is -12.9. The Balaban J connectivity index is 0.0000000960. The van der Waals surface area contributed by atoms with E-state index in [1.54, 1.807) is 0 Å². The number of benzene rings is 17. The molecule has 0 spiro atoms. The minimum absolute atomic E-state index is 0.150. The van der Waals surface area contributed by atoms with E-state index in [4.69, 9.17) is 8.83 Å². The maximum absolute atomic E-state index is 5.78. The first-order valence-corrected chi connectivity index (χ1v) is 42.2. The van der Waals surface area contributed by atoms with Gasteiger partial charge >= 0.3 is 0 Å². The Kier molecular flexibility index (Phi) is 21.3. The first-order chi connectivity index (χ1) is 56.8. The molecular formula is C112H95NO2S2. The zero-order valence-electron chi connectivity index (χ0n) is 68.6. The zero-order valence-corrected chi connectivity index (χ0v) is 70.3. The summed E-state index contributed by atoms with van der Waals surface area (Å²) in [6, 6.07) is 127. The van der Waals surface area contributed by atoms with E-state index < -0.39 is 0 Å². The summed E-state index contributed by atoms with van der Waals surface area (Å²) in [4.78, 5) is 0. The highest BCUT2D eigenvalue weighted by atomic mass is 32.1. The van der Waals surface area contributed by atoms with E-state index in [1.165, 1.54) is 189 Å². The number of aryl methyl sites for hydroxylation is 8. The number of hydrogen-bond acceptors (Lipinski definition) is 4. The molecule has 2 aliphatic carbocycles. The van der Waals surface area contributed by atoms with Crippen LogP contribution < -0.4 is 0 Å². The molecule has 0 N–H and O–H groups in total. The fourth-order valence-corrected chi connectivity index (χ4v) is 19.9. The highest BCUT2D eigenvalue weighted by Crippen LogP contribution is 2.51. The van der Waals surface area contributed by atoms with Crippen molar-refractivity contribution in [1.82, 2.24) is 4.57 Å². The molecule has 3 nitrogen and oxygen atoms in total. The molecule has 117 heavy (non-hydrogen) atoms. The van der Waals surface area contributed by atoms with Crippen molar-refractivity contribution in [2.24, 2.45) is 7.05 Å². The van der Waals surface area contributed by atoms with Gasteiger partial charge in [0.15, 0.2) is 0 Å². The monoisotopic (exact) mass is 1550 g/mol. The Labute approximate surface area is 694 Å². The number of furan rings is 2. The van der Waals surface area contributed by atoms with Crippen molar-refractivity contribution in [2.45, 2.75) is 87.0 Å². The van der Waals surface area contributed by atoms with E-state index in [1.807, 2.05) is 59.1 Å². The van der Waals surface area contributed by atoms with E-state index in [9.17, 15) is 0 Å². The minimum Gasteiger partial charge on any atom is -0.456 e. The van der Waals surface area contributed by atoms with Crippen LogP contribution in [0, 0.1) is 48.5 Å². The van der Waals surface area contributed by atoms with E-state index in [0.717, 1.165) is 22.3 Å². The second kappa shape index (κ2) is 32.4. The Morgan fingerprint density at radius 3 is 1.35 bits per heavy atom. The lowest BCUT2D eigenvalue weighted by Gasteiger charge is -2.23. The predicted molar refractivity (Wildman–Crippen MR) is 509 cm³/mol. The van der Waals surface area contributed by atoms with Crippen molar-refractivity contribution < 1.29 is 8.83 Å². The van der Waals surface area contributed by atoms with E-state index in [2.05, 4.69) is 409 Å². The maximum atomic E-state index is 5.78. The van der Waals surface area contributed by atoms with Gasteiger partial charge in [0.1, 0.15) is 22.3 Å². The van der Waals surface area contributed by atoms with Gasteiger partial charge in [-0.15, -0.1) is 22.7 Å². The molecular weight excluding hydrogens is 1460 g/mol. The van der Waals surface area contributed by atoms with Crippen molar-refractivity contribution in [1.29, 1.82) is 0 Å². The standard InChI is InChI=1S/2C16H16.C15H12.C13H11N.2C13H10O.2C13H10S/c1-11-7-6-9-13-12-8-4-5-10-14(12)16(2,3)15(11)13;1-11-8-9-13-12-6-4-5-7-14(12)16(2,3)15(13)10-11;1-11-6-7-14-9-12-4-2-3-5-13(12)10-15(14)8-11;1-14-12-8-4-2-6-10(12)11-7-3-5-9-13(11)14;1-9-5-4-7-11-10-6-2-3-8-12(10)14-13(9)11;1-9-6-7-11-10-4-2-3-5-12(10)14-13(11)8-9;1-9-5-4-7-11-10-6-2-3-8-12(10)14-13(9)11;1-9-6-7-11-10-4-2-3-5-12(10)14-13(11)8-9/h2*4-10H,1-3H3;2-10H,1H3;2-9H,1H3;4*2-8H,1H3. The average Bonchev–Trinajstić information content (AvgIpc) is 1.60. The van der Waals surface area contributed by atoms with Crippen LogP contribution >= 0.6 is 22.7 Å². The van der Waals surface area contributed by atoms with Gasteiger partial charge in [-0.1, -0.05) is 336 Å². The summed E-state index contributed by atoms with van der Waals surface area (Å²) in [6.07, 6.45) is 0. The fraction of sp³-hybridized carbons (Fsp3) is 0.125. The summed E-state index contributed by atoms with van der Waals surface area (Å²) in [5.41, 5.74) is 27.5. The molecule has 572 valence electrons. The normalized spacial score (nSPS) is 12.4. The lowest BCUT2D eigenvalue weighted by molar-refractivity contribution is 0.655. The molecule has 24 rings (SSSR count). The van der Waals surface area contributed by atoms with Gasteiger partial charge in [-0.25, -0.2) is 0 Å². The SMILES string of the molecule is Cc1ccc2c(c1)C(C)(C)c1ccccc1-2.Cc1ccc2c(c1)oc1ccccc12.Cc1ccc2c(c1)sc1ccccc12.Cc1ccc2cc3ccccc3cc2c1.Cc1cccc2c1C(C)(C)c1ccccc1-2.Cc1cccc2c1oc1ccccc12.Cc1cccc2c1sc1ccccc12.Cn1c2ccccc2c2ccccc21. The van der Waals surface area contributed by atoms with Crippen LogP contribution in [-0.4, -0.2) is 4.57 Å². The summed E-state index contributed by atoms with van der Waals surface area (Å²) in [6.45, 7) is 24.3. The average molecular weight is 1550 g/mol. The third-order valence-electron chi connectivity index (χ3n) is 23.5. The summed E-state index contributed by atoms with van der Waals surface area (Å²) in [7, 11) is 2.12. The molecule has 0 bridgehead atoms. The number of para-hydroxylation sites is 5. The predicted octanol–water partition coefficient (Wildman–Crippen LogP) is 32.8. The molecule has 0 fully saturated rings. The topological polar surface area (TPSA) is 31.2 Å². The van der Waals surface area contributed by atoms with Crippen molar-refractivity contribution in [2.75, 3.05) is 0 Å². The van der Waals surface area contributed by atoms with Crippen LogP contribution in [-0.2, 0) is 17.9 Å². The molecule has 0 aliphatic heterocycles. The largest absolute Gasteiger partial charge is 0.456 e. The van der Waals surface area contributed by atoms with Gasteiger partial charge in [0.05, 0.1) is 0 Å². The Morgan fingerprint density at radius 2 is 0.667 bits per heavy atom. The second-order valence-corrected chi connectivity index (χ2v) is 34.5. The number of fused-ring (bicyclic) bond motifs is 23. The fourth-order valence-electron chi connectivity index (χ4n) is 17.6. The highest BCUT2D eigenvalue weighted by Gasteiger charge is 2.37.